The van der Waals surface area contributed by atoms with Crippen LogP contribution in [0.5, 0.6) is 0 Å². The van der Waals surface area contributed by atoms with Crippen LogP contribution in [0.25, 0.3) is 0 Å². The van der Waals surface area contributed by atoms with Crippen molar-refractivity contribution >= 4 is 11.8 Å². The summed E-state index contributed by atoms with van der Waals surface area (Å²) in [6, 6.07) is 16.9. The quantitative estimate of drug-likeness (QED) is 0.793. The van der Waals surface area contributed by atoms with E-state index < -0.39 is 0 Å². The van der Waals surface area contributed by atoms with Gasteiger partial charge in [0, 0.05) is 9.79 Å². The highest BCUT2D eigenvalue weighted by Gasteiger charge is 2.05. The van der Waals surface area contributed by atoms with Gasteiger partial charge in [0.2, 0.25) is 0 Å². The van der Waals surface area contributed by atoms with E-state index >= 15 is 0 Å². The van der Waals surface area contributed by atoms with Crippen molar-refractivity contribution < 1.29 is 5.11 Å². The molecular weight excluding hydrogens is 264 g/mol. The van der Waals surface area contributed by atoms with E-state index in [0.29, 0.717) is 5.92 Å². The Morgan fingerprint density at radius 3 is 1.70 bits per heavy atom. The van der Waals surface area contributed by atoms with Crippen LogP contribution in [0.3, 0.4) is 0 Å². The minimum absolute atomic E-state index is 0.348. The van der Waals surface area contributed by atoms with Crippen molar-refractivity contribution in [2.75, 3.05) is 0 Å². The zero-order valence-electron chi connectivity index (χ0n) is 12.3. The largest absolute Gasteiger partial charge is 0.388 e. The van der Waals surface area contributed by atoms with E-state index in [9.17, 15) is 5.11 Å². The molecule has 1 atom stereocenters. The lowest BCUT2D eigenvalue weighted by Crippen LogP contribution is -1.94. The normalized spacial score (nSPS) is 12.7. The van der Waals surface area contributed by atoms with Crippen molar-refractivity contribution in [3.05, 3.63) is 59.7 Å². The van der Waals surface area contributed by atoms with Gasteiger partial charge in [0.25, 0.3) is 0 Å². The Morgan fingerprint density at radius 1 is 0.850 bits per heavy atom. The Kier molecular flexibility index (Phi) is 5.27. The Balaban J connectivity index is 2.06. The van der Waals surface area contributed by atoms with E-state index in [0.717, 1.165) is 12.0 Å². The fourth-order valence-corrected chi connectivity index (χ4v) is 2.87. The maximum absolute atomic E-state index is 9.79. The first kappa shape index (κ1) is 15.1. The minimum atomic E-state index is -0.348. The molecule has 0 unspecified atom stereocenters. The standard InChI is InChI=1S/C18H22OS/c1-4-18(19)15-7-11-17(12-8-15)20-16-9-5-14(6-10-16)13(2)3/h5-13,18-19H,4H2,1-3H3/t18-/m0/s1. The second-order valence-electron chi connectivity index (χ2n) is 5.32. The van der Waals surface area contributed by atoms with Crippen molar-refractivity contribution in [1.29, 1.82) is 0 Å². The topological polar surface area (TPSA) is 20.2 Å². The van der Waals surface area contributed by atoms with Gasteiger partial charge in [-0.1, -0.05) is 56.8 Å². The summed E-state index contributed by atoms with van der Waals surface area (Å²) in [6.07, 6.45) is 0.405. The number of hydrogen-bond acceptors (Lipinski definition) is 2. The summed E-state index contributed by atoms with van der Waals surface area (Å²) in [7, 11) is 0. The van der Waals surface area contributed by atoms with Crippen molar-refractivity contribution in [3.8, 4) is 0 Å². The summed E-state index contributed by atoms with van der Waals surface area (Å²) in [5.41, 5.74) is 2.36. The SMILES string of the molecule is CC[C@H](O)c1ccc(Sc2ccc(C(C)C)cc2)cc1. The third-order valence-corrected chi connectivity index (χ3v) is 4.45. The van der Waals surface area contributed by atoms with Crippen LogP contribution in [0, 0.1) is 0 Å². The maximum Gasteiger partial charge on any atom is 0.0787 e. The van der Waals surface area contributed by atoms with Gasteiger partial charge in [-0.2, -0.15) is 0 Å². The number of aliphatic hydroxyl groups excluding tert-OH is 1. The summed E-state index contributed by atoms with van der Waals surface area (Å²) < 4.78 is 0. The van der Waals surface area contributed by atoms with Gasteiger partial charge in [0.15, 0.2) is 0 Å². The van der Waals surface area contributed by atoms with Crippen molar-refractivity contribution in [1.82, 2.24) is 0 Å². The fraction of sp³-hybridized carbons (Fsp3) is 0.333. The van der Waals surface area contributed by atoms with Gasteiger partial charge in [0.1, 0.15) is 0 Å². The molecule has 0 saturated carbocycles. The summed E-state index contributed by atoms with van der Waals surface area (Å²) in [4.78, 5) is 2.45. The van der Waals surface area contributed by atoms with Crippen LogP contribution in [0.4, 0.5) is 0 Å². The summed E-state index contributed by atoms with van der Waals surface area (Å²) in [5, 5.41) is 9.79. The molecule has 20 heavy (non-hydrogen) atoms. The maximum atomic E-state index is 9.79. The first-order valence-electron chi connectivity index (χ1n) is 7.16. The summed E-state index contributed by atoms with van der Waals surface area (Å²) >= 11 is 1.75. The number of benzene rings is 2. The molecule has 0 spiro atoms. The summed E-state index contributed by atoms with van der Waals surface area (Å²) in [6.45, 7) is 6.41. The fourth-order valence-electron chi connectivity index (χ4n) is 2.05. The monoisotopic (exact) mass is 286 g/mol. The molecule has 0 saturated heterocycles. The van der Waals surface area contributed by atoms with Crippen LogP contribution in [0.1, 0.15) is 50.3 Å². The Bertz CT molecular complexity index is 528. The molecule has 2 aromatic carbocycles. The molecule has 0 heterocycles. The smallest absolute Gasteiger partial charge is 0.0787 e. The van der Waals surface area contributed by atoms with Crippen LogP contribution in [-0.4, -0.2) is 5.11 Å². The van der Waals surface area contributed by atoms with E-state index in [2.05, 4.69) is 50.2 Å². The molecule has 2 aromatic rings. The van der Waals surface area contributed by atoms with Crippen molar-refractivity contribution in [2.45, 2.75) is 49.0 Å². The highest BCUT2D eigenvalue weighted by Crippen LogP contribution is 2.30. The first-order chi connectivity index (χ1) is 9.60. The van der Waals surface area contributed by atoms with Gasteiger partial charge in [-0.3, -0.25) is 0 Å². The van der Waals surface area contributed by atoms with E-state index in [4.69, 9.17) is 0 Å². The Labute approximate surface area is 126 Å². The molecule has 0 fully saturated rings. The zero-order valence-corrected chi connectivity index (χ0v) is 13.2. The van der Waals surface area contributed by atoms with Crippen LogP contribution >= 0.6 is 11.8 Å². The van der Waals surface area contributed by atoms with Gasteiger partial charge in [-0.15, -0.1) is 0 Å². The van der Waals surface area contributed by atoms with Gasteiger partial charge in [0.05, 0.1) is 6.10 Å². The third-order valence-electron chi connectivity index (χ3n) is 3.43. The van der Waals surface area contributed by atoms with E-state index in [1.807, 2.05) is 19.1 Å². The molecule has 0 aliphatic carbocycles. The number of hydrogen-bond donors (Lipinski definition) is 1. The highest BCUT2D eigenvalue weighted by atomic mass is 32.2. The molecule has 0 bridgehead atoms. The molecule has 2 rings (SSSR count). The number of rotatable bonds is 5. The lowest BCUT2D eigenvalue weighted by molar-refractivity contribution is 0.173. The molecular formula is C18H22OS. The van der Waals surface area contributed by atoms with E-state index in [1.54, 1.807) is 11.8 Å². The van der Waals surface area contributed by atoms with Crippen molar-refractivity contribution in [3.63, 3.8) is 0 Å². The average molecular weight is 286 g/mol. The van der Waals surface area contributed by atoms with E-state index in [-0.39, 0.29) is 6.10 Å². The van der Waals surface area contributed by atoms with Crippen LogP contribution in [0.2, 0.25) is 0 Å². The molecule has 2 heteroatoms. The molecule has 0 aromatic heterocycles. The van der Waals surface area contributed by atoms with Gasteiger partial charge in [-0.05, 0) is 47.7 Å². The second-order valence-corrected chi connectivity index (χ2v) is 6.47. The lowest BCUT2D eigenvalue weighted by atomic mass is 10.0. The van der Waals surface area contributed by atoms with Crippen LogP contribution in [-0.2, 0) is 0 Å². The van der Waals surface area contributed by atoms with Gasteiger partial charge < -0.3 is 5.11 Å². The molecule has 1 N–H and O–H groups in total. The molecule has 0 radical (unpaired) electrons. The third kappa shape index (κ3) is 3.87. The highest BCUT2D eigenvalue weighted by molar-refractivity contribution is 7.99. The average Bonchev–Trinajstić information content (AvgIpc) is 2.48. The minimum Gasteiger partial charge on any atom is -0.388 e. The summed E-state index contributed by atoms with van der Waals surface area (Å²) in [5.74, 6) is 0.573. The predicted octanol–water partition coefficient (Wildman–Crippen LogP) is 5.40. The Morgan fingerprint density at radius 2 is 1.30 bits per heavy atom. The predicted molar refractivity (Wildman–Crippen MR) is 86.3 cm³/mol. The van der Waals surface area contributed by atoms with E-state index in [1.165, 1.54) is 15.4 Å². The molecule has 0 amide bonds. The molecule has 0 aliphatic rings. The number of aliphatic hydroxyl groups is 1. The van der Waals surface area contributed by atoms with Crippen molar-refractivity contribution in [2.24, 2.45) is 0 Å². The first-order valence-corrected chi connectivity index (χ1v) is 7.97. The van der Waals surface area contributed by atoms with Gasteiger partial charge in [-0.25, -0.2) is 0 Å². The molecule has 1 nitrogen and oxygen atoms in total. The van der Waals surface area contributed by atoms with Crippen LogP contribution in [0.15, 0.2) is 58.3 Å². The molecule has 0 aliphatic heterocycles. The van der Waals surface area contributed by atoms with Gasteiger partial charge >= 0.3 is 0 Å². The Hall–Kier alpha value is -1.25. The lowest BCUT2D eigenvalue weighted by Gasteiger charge is -2.09. The second kappa shape index (κ2) is 6.96. The molecule has 106 valence electrons. The van der Waals surface area contributed by atoms with Crippen LogP contribution < -0.4 is 0 Å². The zero-order chi connectivity index (χ0) is 14.5.